The van der Waals surface area contributed by atoms with Crippen LogP contribution in [0.4, 0.5) is 4.39 Å². The maximum Gasteiger partial charge on any atom is 0.165 e. The van der Waals surface area contributed by atoms with Crippen LogP contribution >= 0.6 is 11.6 Å². The highest BCUT2D eigenvalue weighted by Gasteiger charge is 2.13. The number of benzene rings is 1. The summed E-state index contributed by atoms with van der Waals surface area (Å²) in [4.78, 5) is 11.6. The molecule has 0 saturated heterocycles. The lowest BCUT2D eigenvalue weighted by molar-refractivity contribution is 0.0989. The molecule has 0 aliphatic heterocycles. The monoisotopic (exact) mass is 264 g/mol. The van der Waals surface area contributed by atoms with E-state index in [-0.39, 0.29) is 22.8 Å². The van der Waals surface area contributed by atoms with E-state index in [0.717, 1.165) is 18.4 Å². The Bertz CT molecular complexity index is 511. The predicted molar refractivity (Wildman–Crippen MR) is 60.1 cm³/mol. The van der Waals surface area contributed by atoms with E-state index in [9.17, 15) is 17.6 Å². The van der Waals surface area contributed by atoms with Crippen LogP contribution in [0.2, 0.25) is 5.02 Å². The number of rotatable bonds is 4. The molecule has 0 unspecified atom stereocenters. The number of ketones is 1. The Morgan fingerprint density at radius 3 is 2.56 bits per heavy atom. The van der Waals surface area contributed by atoms with Crippen LogP contribution in [0.5, 0.6) is 0 Å². The Labute approximate surface area is 98.1 Å². The van der Waals surface area contributed by atoms with Gasteiger partial charge in [-0.25, -0.2) is 12.8 Å². The number of Topliss-reactive ketones (excluding diaryl/α,β-unsaturated/α-hetero) is 1. The molecule has 1 aromatic rings. The van der Waals surface area contributed by atoms with Crippen molar-refractivity contribution in [2.75, 3.05) is 12.0 Å². The number of carbonyl (C=O) groups excluding carboxylic acids is 1. The highest BCUT2D eigenvalue weighted by Crippen LogP contribution is 2.18. The van der Waals surface area contributed by atoms with Crippen molar-refractivity contribution in [3.05, 3.63) is 34.6 Å². The highest BCUT2D eigenvalue weighted by molar-refractivity contribution is 7.90. The Morgan fingerprint density at radius 2 is 2.06 bits per heavy atom. The van der Waals surface area contributed by atoms with Gasteiger partial charge in [-0.2, -0.15) is 0 Å². The van der Waals surface area contributed by atoms with E-state index in [1.54, 1.807) is 0 Å². The molecule has 0 saturated carbocycles. The van der Waals surface area contributed by atoms with Crippen LogP contribution in [0.15, 0.2) is 18.2 Å². The van der Waals surface area contributed by atoms with Gasteiger partial charge in [-0.15, -0.1) is 0 Å². The Morgan fingerprint density at radius 1 is 1.44 bits per heavy atom. The highest BCUT2D eigenvalue weighted by atomic mass is 35.5. The second-order valence-corrected chi connectivity index (χ2v) is 6.09. The molecule has 88 valence electrons. The number of carbonyl (C=O) groups is 1. The average Bonchev–Trinajstić information content (AvgIpc) is 2.13. The van der Waals surface area contributed by atoms with Gasteiger partial charge in [0.05, 0.1) is 10.8 Å². The summed E-state index contributed by atoms with van der Waals surface area (Å²) in [5.74, 6) is -1.18. The van der Waals surface area contributed by atoms with E-state index in [2.05, 4.69) is 0 Å². The third-order valence-electron chi connectivity index (χ3n) is 1.93. The van der Waals surface area contributed by atoms with Crippen LogP contribution in [0.3, 0.4) is 0 Å². The quantitative estimate of drug-likeness (QED) is 0.783. The summed E-state index contributed by atoms with van der Waals surface area (Å²) >= 11 is 5.66. The number of hydrogen-bond donors (Lipinski definition) is 0. The SMILES string of the molecule is CS(=O)(=O)CCC(=O)c1ccc(F)cc1Cl. The van der Waals surface area contributed by atoms with Crippen LogP contribution in [0, 0.1) is 5.82 Å². The molecule has 0 radical (unpaired) electrons. The van der Waals surface area contributed by atoms with Crippen molar-refractivity contribution in [3.63, 3.8) is 0 Å². The molecule has 0 N–H and O–H groups in total. The summed E-state index contributed by atoms with van der Waals surface area (Å²) in [5.41, 5.74) is 0.145. The van der Waals surface area contributed by atoms with Crippen molar-refractivity contribution in [3.8, 4) is 0 Å². The number of hydrogen-bond acceptors (Lipinski definition) is 3. The summed E-state index contributed by atoms with van der Waals surface area (Å²) in [6, 6.07) is 3.39. The van der Waals surface area contributed by atoms with Crippen LogP contribution in [0.1, 0.15) is 16.8 Å². The minimum absolute atomic E-state index is 0.00139. The fourth-order valence-corrected chi connectivity index (χ4v) is 1.96. The first kappa shape index (κ1) is 13.1. The summed E-state index contributed by atoms with van der Waals surface area (Å²) < 4.78 is 34.4. The zero-order valence-electron chi connectivity index (χ0n) is 8.54. The second-order valence-electron chi connectivity index (χ2n) is 3.43. The third-order valence-corrected chi connectivity index (χ3v) is 3.19. The largest absolute Gasteiger partial charge is 0.294 e. The minimum atomic E-state index is -3.19. The van der Waals surface area contributed by atoms with Crippen molar-refractivity contribution < 1.29 is 17.6 Å². The van der Waals surface area contributed by atoms with Crippen molar-refractivity contribution in [2.45, 2.75) is 6.42 Å². The summed E-state index contributed by atoms with van der Waals surface area (Å²) in [6.45, 7) is 0. The van der Waals surface area contributed by atoms with Gasteiger partial charge < -0.3 is 0 Å². The first-order valence-corrected chi connectivity index (χ1v) is 6.89. The number of halogens is 2. The third kappa shape index (κ3) is 3.90. The molecular weight excluding hydrogens is 255 g/mol. The predicted octanol–water partition coefficient (Wildman–Crippen LogP) is 2.10. The van der Waals surface area contributed by atoms with Crippen LogP contribution in [0.25, 0.3) is 0 Å². The molecule has 6 heteroatoms. The van der Waals surface area contributed by atoms with Gasteiger partial charge in [-0.05, 0) is 18.2 Å². The molecule has 0 aliphatic carbocycles. The molecule has 0 bridgehead atoms. The van der Waals surface area contributed by atoms with Gasteiger partial charge in [-0.1, -0.05) is 11.6 Å². The molecule has 1 rings (SSSR count). The summed E-state index contributed by atoms with van der Waals surface area (Å²) in [7, 11) is -3.19. The van der Waals surface area contributed by atoms with Crippen LogP contribution in [-0.2, 0) is 9.84 Å². The van der Waals surface area contributed by atoms with Gasteiger partial charge in [0.2, 0.25) is 0 Å². The van der Waals surface area contributed by atoms with Crippen molar-refractivity contribution in [1.29, 1.82) is 0 Å². The first-order valence-electron chi connectivity index (χ1n) is 4.45. The van der Waals surface area contributed by atoms with Crippen molar-refractivity contribution in [1.82, 2.24) is 0 Å². The molecule has 16 heavy (non-hydrogen) atoms. The van der Waals surface area contributed by atoms with Crippen LogP contribution < -0.4 is 0 Å². The normalized spacial score (nSPS) is 11.4. The molecule has 3 nitrogen and oxygen atoms in total. The maximum absolute atomic E-state index is 12.7. The molecule has 0 amide bonds. The Balaban J connectivity index is 2.82. The van der Waals surface area contributed by atoms with Gasteiger partial charge in [0.25, 0.3) is 0 Å². The van der Waals surface area contributed by atoms with Gasteiger partial charge in [0.1, 0.15) is 15.7 Å². The maximum atomic E-state index is 12.7. The van der Waals surface area contributed by atoms with Gasteiger partial charge >= 0.3 is 0 Å². The molecule has 1 aromatic carbocycles. The standard InChI is InChI=1S/C10H10ClFO3S/c1-16(14,15)5-4-10(13)8-3-2-7(12)6-9(8)11/h2-3,6H,4-5H2,1H3. The van der Waals surface area contributed by atoms with Gasteiger partial charge in [0, 0.05) is 18.2 Å². The van der Waals surface area contributed by atoms with E-state index >= 15 is 0 Å². The Kier molecular flexibility index (Phi) is 4.04. The molecule has 0 fully saturated rings. The fraction of sp³-hybridized carbons (Fsp3) is 0.300. The van der Waals surface area contributed by atoms with E-state index in [1.807, 2.05) is 0 Å². The first-order chi connectivity index (χ1) is 7.29. The summed E-state index contributed by atoms with van der Waals surface area (Å²) in [6.07, 6.45) is 0.900. The number of sulfone groups is 1. The lowest BCUT2D eigenvalue weighted by Crippen LogP contribution is -2.10. The fourth-order valence-electron chi connectivity index (χ4n) is 1.13. The minimum Gasteiger partial charge on any atom is -0.294 e. The molecule has 0 aliphatic rings. The molecule has 0 spiro atoms. The zero-order valence-corrected chi connectivity index (χ0v) is 10.1. The lowest BCUT2D eigenvalue weighted by Gasteiger charge is -2.02. The van der Waals surface area contributed by atoms with Crippen molar-refractivity contribution >= 4 is 27.2 Å². The summed E-state index contributed by atoms with van der Waals surface area (Å²) in [5, 5.41) is -0.00139. The Hall–Kier alpha value is -0.940. The van der Waals surface area contributed by atoms with E-state index in [4.69, 9.17) is 11.6 Å². The average molecular weight is 265 g/mol. The zero-order chi connectivity index (χ0) is 12.3. The van der Waals surface area contributed by atoms with Crippen molar-refractivity contribution in [2.24, 2.45) is 0 Å². The lowest BCUT2D eigenvalue weighted by atomic mass is 10.1. The van der Waals surface area contributed by atoms with E-state index < -0.39 is 21.4 Å². The molecular formula is C10H10ClFO3S. The second kappa shape index (κ2) is 4.93. The van der Waals surface area contributed by atoms with Gasteiger partial charge in [0.15, 0.2) is 5.78 Å². The molecule has 0 aromatic heterocycles. The van der Waals surface area contributed by atoms with Gasteiger partial charge in [-0.3, -0.25) is 4.79 Å². The van der Waals surface area contributed by atoms with Crippen LogP contribution in [-0.4, -0.2) is 26.2 Å². The smallest absolute Gasteiger partial charge is 0.165 e. The van der Waals surface area contributed by atoms with E-state index in [1.165, 1.54) is 6.07 Å². The molecule has 0 atom stereocenters. The molecule has 0 heterocycles. The van der Waals surface area contributed by atoms with E-state index in [0.29, 0.717) is 0 Å². The topological polar surface area (TPSA) is 51.2 Å².